The van der Waals surface area contributed by atoms with Crippen LogP contribution >= 0.6 is 11.6 Å². The Hall–Kier alpha value is -4.02. The van der Waals surface area contributed by atoms with Crippen LogP contribution in [0.5, 0.6) is 0 Å². The molecule has 0 spiro atoms. The summed E-state index contributed by atoms with van der Waals surface area (Å²) in [5.74, 6) is 0.0975. The van der Waals surface area contributed by atoms with Gasteiger partial charge < -0.3 is 20.4 Å². The van der Waals surface area contributed by atoms with Gasteiger partial charge in [-0.3, -0.25) is 14.2 Å². The molecule has 0 radical (unpaired) electrons. The van der Waals surface area contributed by atoms with Crippen LogP contribution in [0.4, 0.5) is 21.7 Å². The summed E-state index contributed by atoms with van der Waals surface area (Å²) < 4.78 is 16.4. The van der Waals surface area contributed by atoms with Gasteiger partial charge in [-0.05, 0) is 94.8 Å². The maximum Gasteiger partial charge on any atom is 0.260 e. The number of amides is 1. The molecule has 3 heterocycles. The molecule has 258 valence electrons. The zero-order valence-corrected chi connectivity index (χ0v) is 29.3. The van der Waals surface area contributed by atoms with Crippen molar-refractivity contribution in [1.29, 1.82) is 0 Å². The predicted octanol–water partition coefficient (Wildman–Crippen LogP) is 7.15. The maximum absolute atomic E-state index is 14.7. The van der Waals surface area contributed by atoms with Gasteiger partial charge >= 0.3 is 0 Å². The highest BCUT2D eigenvalue weighted by Crippen LogP contribution is 2.37. The van der Waals surface area contributed by atoms with Crippen molar-refractivity contribution in [3.63, 3.8) is 0 Å². The molecule has 2 aliphatic carbocycles. The van der Waals surface area contributed by atoms with E-state index in [4.69, 9.17) is 16.6 Å². The largest absolute Gasteiger partial charge is 0.369 e. The summed E-state index contributed by atoms with van der Waals surface area (Å²) in [4.78, 5) is 41.8. The number of pyridine rings is 1. The van der Waals surface area contributed by atoms with Crippen molar-refractivity contribution in [2.24, 2.45) is 5.92 Å². The lowest BCUT2D eigenvalue weighted by atomic mass is 9.89. The first kappa shape index (κ1) is 33.5. The second-order valence-electron chi connectivity index (χ2n) is 14.1. The molecule has 9 nitrogen and oxygen atoms in total. The fraction of sp³-hybridized carbons (Fsp3) is 0.474. The van der Waals surface area contributed by atoms with E-state index in [-0.39, 0.29) is 34.5 Å². The number of piperazine rings is 1. The Morgan fingerprint density at radius 2 is 1.71 bits per heavy atom. The summed E-state index contributed by atoms with van der Waals surface area (Å²) in [7, 11) is 2.15. The minimum Gasteiger partial charge on any atom is -0.369 e. The number of aromatic nitrogens is 3. The zero-order valence-electron chi connectivity index (χ0n) is 28.6. The van der Waals surface area contributed by atoms with Crippen LogP contribution in [-0.4, -0.2) is 64.6 Å². The van der Waals surface area contributed by atoms with Gasteiger partial charge in [0, 0.05) is 72.7 Å². The molecule has 2 saturated carbocycles. The topological polar surface area (TPSA) is 95.4 Å². The van der Waals surface area contributed by atoms with E-state index in [1.165, 1.54) is 11.8 Å². The minimum absolute atomic E-state index is 0.0813. The van der Waals surface area contributed by atoms with Crippen molar-refractivity contribution in [3.8, 4) is 11.1 Å². The van der Waals surface area contributed by atoms with Crippen molar-refractivity contribution >= 4 is 45.9 Å². The van der Waals surface area contributed by atoms with Gasteiger partial charge in [0.1, 0.15) is 11.5 Å². The molecule has 49 heavy (non-hydrogen) atoms. The Balaban J connectivity index is 1.22. The van der Waals surface area contributed by atoms with Crippen LogP contribution in [0.25, 0.3) is 22.2 Å². The van der Waals surface area contributed by atoms with E-state index < -0.39 is 5.82 Å². The number of carbonyl (C=O) groups excluding carboxylic acids is 1. The number of halogens is 2. The van der Waals surface area contributed by atoms with Gasteiger partial charge in [0.15, 0.2) is 0 Å². The number of hydrogen-bond acceptors (Lipinski definition) is 7. The first-order valence-electron chi connectivity index (χ1n) is 17.7. The number of carbonyl (C=O) groups is 1. The molecule has 3 aliphatic rings. The Morgan fingerprint density at radius 3 is 2.43 bits per heavy atom. The molecule has 0 bridgehead atoms. The van der Waals surface area contributed by atoms with Gasteiger partial charge in [-0.1, -0.05) is 36.6 Å². The molecule has 4 aromatic rings. The summed E-state index contributed by atoms with van der Waals surface area (Å²) in [5.41, 5.74) is 4.89. The Labute approximate surface area is 291 Å². The highest BCUT2D eigenvalue weighted by molar-refractivity contribution is 6.33. The number of nitrogens with zero attached hydrogens (tertiary/aromatic N) is 5. The molecule has 2 aromatic heterocycles. The third kappa shape index (κ3) is 6.77. The number of likely N-dealkylation sites (N-methyl/N-ethyl adjacent to an activating group) is 1. The standard InChI is InChI=1S/C38H45ClFN7O2/c1-23-21-27(13-16-32(23)46-19-17-45(3)18-20-46)43-38-41-22-30-24(2)33(29-9-6-10-31(40)34(29)39)37(49)47(35(30)44-38)28-14-11-26(12-15-28)42-36(48)25-7-4-5-8-25/h6,9-10,13,16,21-22,25-26,28H,4-5,7-8,11-12,14-15,17-20H2,1-3H3,(H,42,48)(H,41,43,44)/t26-,28+. The van der Waals surface area contributed by atoms with Gasteiger partial charge in [-0.25, -0.2) is 9.37 Å². The fourth-order valence-electron chi connectivity index (χ4n) is 8.00. The molecule has 1 aliphatic heterocycles. The molecule has 11 heteroatoms. The van der Waals surface area contributed by atoms with Crippen LogP contribution < -0.4 is 21.1 Å². The number of benzene rings is 2. The molecule has 2 aromatic carbocycles. The molecular formula is C38H45ClFN7O2. The van der Waals surface area contributed by atoms with Crippen LogP contribution in [0.15, 0.2) is 47.4 Å². The molecule has 7 rings (SSSR count). The number of aryl methyl sites for hydroxylation is 2. The van der Waals surface area contributed by atoms with Crippen molar-refractivity contribution in [2.45, 2.75) is 77.3 Å². The van der Waals surface area contributed by atoms with E-state index >= 15 is 0 Å². The van der Waals surface area contributed by atoms with E-state index in [0.29, 0.717) is 46.5 Å². The van der Waals surface area contributed by atoms with Crippen LogP contribution in [-0.2, 0) is 4.79 Å². The first-order valence-corrected chi connectivity index (χ1v) is 18.0. The second-order valence-corrected chi connectivity index (χ2v) is 14.5. The third-order valence-electron chi connectivity index (χ3n) is 10.9. The first-order chi connectivity index (χ1) is 23.7. The van der Waals surface area contributed by atoms with Crippen LogP contribution in [0.2, 0.25) is 5.02 Å². The Morgan fingerprint density at radius 1 is 0.980 bits per heavy atom. The van der Waals surface area contributed by atoms with Gasteiger partial charge in [0.25, 0.3) is 5.56 Å². The maximum atomic E-state index is 14.7. The van der Waals surface area contributed by atoms with Gasteiger partial charge in [-0.2, -0.15) is 4.98 Å². The fourth-order valence-corrected chi connectivity index (χ4v) is 8.22. The second kappa shape index (κ2) is 14.1. The van der Waals surface area contributed by atoms with Crippen molar-refractivity contribution in [1.82, 2.24) is 24.8 Å². The van der Waals surface area contributed by atoms with Gasteiger partial charge in [0.2, 0.25) is 11.9 Å². The van der Waals surface area contributed by atoms with Crippen molar-refractivity contribution in [3.05, 3.63) is 74.9 Å². The van der Waals surface area contributed by atoms with E-state index in [2.05, 4.69) is 51.5 Å². The smallest absolute Gasteiger partial charge is 0.260 e. The van der Waals surface area contributed by atoms with Crippen molar-refractivity contribution < 1.29 is 9.18 Å². The molecule has 0 atom stereocenters. The Kier molecular flexibility index (Phi) is 9.61. The van der Waals surface area contributed by atoms with E-state index in [9.17, 15) is 14.0 Å². The van der Waals surface area contributed by atoms with Crippen molar-refractivity contribution in [2.75, 3.05) is 43.4 Å². The molecule has 1 saturated heterocycles. The highest BCUT2D eigenvalue weighted by Gasteiger charge is 2.31. The lowest BCUT2D eigenvalue weighted by Gasteiger charge is -2.35. The lowest BCUT2D eigenvalue weighted by molar-refractivity contribution is -0.125. The van der Waals surface area contributed by atoms with Crippen LogP contribution in [0, 0.1) is 25.6 Å². The van der Waals surface area contributed by atoms with Gasteiger partial charge in [0.05, 0.1) is 10.6 Å². The summed E-state index contributed by atoms with van der Waals surface area (Å²) in [6.07, 6.45) is 8.82. The molecule has 3 fully saturated rings. The summed E-state index contributed by atoms with van der Waals surface area (Å²) in [5, 5.41) is 7.29. The average Bonchev–Trinajstić information content (AvgIpc) is 3.64. The van der Waals surface area contributed by atoms with Crippen LogP contribution in [0.3, 0.4) is 0 Å². The van der Waals surface area contributed by atoms with Crippen LogP contribution in [0.1, 0.15) is 68.5 Å². The SMILES string of the molecule is Cc1cc(Nc2ncc3c(C)c(-c4cccc(F)c4Cl)c(=O)n([C@H]4CC[C@@H](NC(=O)C5CCCC5)CC4)c3n2)ccc1N1CCN(C)CC1. The third-order valence-corrected chi connectivity index (χ3v) is 11.2. The van der Waals surface area contributed by atoms with E-state index in [0.717, 1.165) is 76.0 Å². The summed E-state index contributed by atoms with van der Waals surface area (Å²) in [6, 6.07) is 10.8. The quantitative estimate of drug-likeness (QED) is 0.213. The number of fused-ring (bicyclic) bond motifs is 1. The van der Waals surface area contributed by atoms with E-state index in [1.54, 1.807) is 22.9 Å². The van der Waals surface area contributed by atoms with Gasteiger partial charge in [-0.15, -0.1) is 0 Å². The molecular weight excluding hydrogens is 641 g/mol. The number of nitrogens with one attached hydrogen (secondary N) is 2. The van der Waals surface area contributed by atoms with E-state index in [1.807, 2.05) is 13.0 Å². The highest BCUT2D eigenvalue weighted by atomic mass is 35.5. The summed E-state index contributed by atoms with van der Waals surface area (Å²) >= 11 is 6.47. The normalized spacial score (nSPS) is 20.6. The monoisotopic (exact) mass is 685 g/mol. The molecule has 2 N–H and O–H groups in total. The lowest BCUT2D eigenvalue weighted by Crippen LogP contribution is -2.44. The minimum atomic E-state index is -0.576. The molecule has 1 amide bonds. The zero-order chi connectivity index (χ0) is 34.2. The summed E-state index contributed by atoms with van der Waals surface area (Å²) in [6.45, 7) is 8.02. The Bertz CT molecular complexity index is 1930. The number of hydrogen-bond donors (Lipinski definition) is 2. The molecule has 0 unspecified atom stereocenters. The number of rotatable bonds is 7. The number of anilines is 3. The predicted molar refractivity (Wildman–Crippen MR) is 195 cm³/mol. The average molecular weight is 686 g/mol.